The molecular weight excluding hydrogens is 466 g/mol. The molecule has 1 aliphatic rings. The molecule has 0 fully saturated rings. The normalized spacial score (nSPS) is 14.9. The van der Waals surface area contributed by atoms with Crippen LogP contribution in [0.3, 0.4) is 0 Å². The molecule has 2 heterocycles. The van der Waals surface area contributed by atoms with E-state index in [1.54, 1.807) is 6.20 Å². The monoisotopic (exact) mass is 503 g/mol. The van der Waals surface area contributed by atoms with E-state index in [1.807, 2.05) is 56.7 Å². The van der Waals surface area contributed by atoms with Crippen LogP contribution >= 0.6 is 0 Å². The number of rotatable bonds is 12. The maximum Gasteiger partial charge on any atom is 0.162 e. The first-order chi connectivity index (χ1) is 17.8. The first-order valence-corrected chi connectivity index (χ1v) is 13.0. The van der Waals surface area contributed by atoms with Crippen LogP contribution in [0.2, 0.25) is 0 Å². The average Bonchev–Trinajstić information content (AvgIpc) is 3.42. The Kier molecular flexibility index (Phi) is 8.77. The minimum absolute atomic E-state index is 0.107. The molecule has 3 aromatic rings. The Bertz CT molecular complexity index is 1220. The molecule has 4 rings (SSSR count). The number of Topliss-reactive ketones (excluding diaryl/α,β-unsaturated/α-hetero) is 2. The van der Waals surface area contributed by atoms with Crippen LogP contribution in [0.1, 0.15) is 48.2 Å². The van der Waals surface area contributed by atoms with Crippen molar-refractivity contribution < 1.29 is 19.1 Å². The van der Waals surface area contributed by atoms with Gasteiger partial charge in [-0.25, -0.2) is 0 Å². The van der Waals surface area contributed by atoms with E-state index in [4.69, 9.17) is 9.47 Å². The van der Waals surface area contributed by atoms with Crippen molar-refractivity contribution in [3.63, 3.8) is 0 Å². The lowest BCUT2D eigenvalue weighted by molar-refractivity contribution is -0.123. The summed E-state index contributed by atoms with van der Waals surface area (Å²) in [5.41, 5.74) is 4.43. The zero-order chi connectivity index (χ0) is 26.4. The molecule has 7 heteroatoms. The van der Waals surface area contributed by atoms with Crippen LogP contribution < -0.4 is 9.47 Å². The molecule has 0 radical (unpaired) electrons. The number of aromatic nitrogens is 2. The average molecular weight is 504 g/mol. The van der Waals surface area contributed by atoms with Crippen LogP contribution in [0, 0.1) is 11.8 Å². The molecular formula is C30H37N3O4. The van der Waals surface area contributed by atoms with Crippen molar-refractivity contribution in [3.8, 4) is 22.6 Å². The molecule has 0 aliphatic carbocycles. The smallest absolute Gasteiger partial charge is 0.162 e. The molecule has 2 aromatic carbocycles. The molecule has 0 saturated heterocycles. The van der Waals surface area contributed by atoms with Gasteiger partial charge in [0.1, 0.15) is 23.9 Å². The van der Waals surface area contributed by atoms with Gasteiger partial charge in [-0.2, -0.15) is 5.10 Å². The predicted molar refractivity (Wildman–Crippen MR) is 144 cm³/mol. The maximum atomic E-state index is 13.4. The second-order valence-electron chi connectivity index (χ2n) is 10.5. The van der Waals surface area contributed by atoms with Gasteiger partial charge in [-0.3, -0.25) is 14.7 Å². The first-order valence-electron chi connectivity index (χ1n) is 13.0. The van der Waals surface area contributed by atoms with E-state index in [2.05, 4.69) is 28.9 Å². The van der Waals surface area contributed by atoms with Gasteiger partial charge in [0, 0.05) is 42.3 Å². The van der Waals surface area contributed by atoms with E-state index >= 15 is 0 Å². The van der Waals surface area contributed by atoms with Gasteiger partial charge in [0.2, 0.25) is 0 Å². The molecule has 1 atom stereocenters. The van der Waals surface area contributed by atoms with E-state index in [-0.39, 0.29) is 23.9 Å². The molecule has 0 amide bonds. The Morgan fingerprint density at radius 2 is 2.00 bits per heavy atom. The van der Waals surface area contributed by atoms with Crippen LogP contribution in [0.4, 0.5) is 0 Å². The molecule has 1 unspecified atom stereocenters. The molecule has 1 aromatic heterocycles. The second-order valence-corrected chi connectivity index (χ2v) is 10.5. The van der Waals surface area contributed by atoms with Crippen LogP contribution in [0.5, 0.6) is 11.5 Å². The number of hydrogen-bond acceptors (Lipinski definition) is 6. The van der Waals surface area contributed by atoms with E-state index < -0.39 is 0 Å². The highest BCUT2D eigenvalue weighted by Gasteiger charge is 2.27. The SMILES string of the molecule is CC(C)CCC(=O)c1ccc2c(c1)CC(C(=O)Cc1ccc(-c3cn[nH]c3)cc1OCCN(C)C)CO2. The van der Waals surface area contributed by atoms with Gasteiger partial charge in [0.25, 0.3) is 0 Å². The number of nitrogens with zero attached hydrogens (tertiary/aromatic N) is 2. The number of fused-ring (bicyclic) bond motifs is 1. The molecule has 1 aliphatic heterocycles. The lowest BCUT2D eigenvalue weighted by Gasteiger charge is -2.25. The Morgan fingerprint density at radius 1 is 1.16 bits per heavy atom. The summed E-state index contributed by atoms with van der Waals surface area (Å²) in [6, 6.07) is 11.5. The summed E-state index contributed by atoms with van der Waals surface area (Å²) in [5, 5.41) is 6.88. The van der Waals surface area contributed by atoms with Crippen molar-refractivity contribution in [2.45, 2.75) is 39.5 Å². The maximum absolute atomic E-state index is 13.4. The summed E-state index contributed by atoms with van der Waals surface area (Å²) in [6.07, 6.45) is 5.84. The Balaban J connectivity index is 1.47. The zero-order valence-corrected chi connectivity index (χ0v) is 22.3. The quantitative estimate of drug-likeness (QED) is 0.350. The minimum atomic E-state index is -0.267. The Labute approximate surface area is 219 Å². The van der Waals surface area contributed by atoms with Gasteiger partial charge in [-0.05, 0) is 68.2 Å². The highest BCUT2D eigenvalue weighted by molar-refractivity contribution is 5.96. The minimum Gasteiger partial charge on any atom is -0.493 e. The molecule has 0 bridgehead atoms. The van der Waals surface area contributed by atoms with E-state index in [9.17, 15) is 9.59 Å². The third-order valence-electron chi connectivity index (χ3n) is 6.75. The standard InChI is InChI=1S/C30H37N3O4/c1-20(2)5-9-27(34)22-8-10-29-24(13-22)14-25(19-37-29)28(35)15-23-7-6-21(26-17-31-32-18-26)16-30(23)36-12-11-33(3)4/h6-8,10,13,16-18,20,25H,5,9,11-12,14-15,19H2,1-4H3,(H,31,32). The Morgan fingerprint density at radius 3 is 2.73 bits per heavy atom. The summed E-state index contributed by atoms with van der Waals surface area (Å²) >= 11 is 0. The highest BCUT2D eigenvalue weighted by Crippen LogP contribution is 2.32. The molecule has 1 N–H and O–H groups in total. The number of aromatic amines is 1. The molecule has 0 spiro atoms. The third-order valence-corrected chi connectivity index (χ3v) is 6.75. The van der Waals surface area contributed by atoms with Gasteiger partial charge >= 0.3 is 0 Å². The molecule has 7 nitrogen and oxygen atoms in total. The number of carbonyl (C=O) groups is 2. The number of carbonyl (C=O) groups excluding carboxylic acids is 2. The number of ether oxygens (including phenoxy) is 2. The number of hydrogen-bond donors (Lipinski definition) is 1. The zero-order valence-electron chi connectivity index (χ0n) is 22.3. The van der Waals surface area contributed by atoms with Crippen LogP contribution in [0.15, 0.2) is 48.8 Å². The summed E-state index contributed by atoms with van der Waals surface area (Å²) in [6.45, 7) is 5.88. The highest BCUT2D eigenvalue weighted by atomic mass is 16.5. The van der Waals surface area contributed by atoms with Crippen molar-refractivity contribution >= 4 is 11.6 Å². The van der Waals surface area contributed by atoms with Gasteiger partial charge < -0.3 is 14.4 Å². The van der Waals surface area contributed by atoms with E-state index in [0.717, 1.165) is 41.0 Å². The van der Waals surface area contributed by atoms with Crippen molar-refractivity contribution in [1.29, 1.82) is 0 Å². The van der Waals surface area contributed by atoms with Gasteiger partial charge in [0.05, 0.1) is 18.7 Å². The number of nitrogens with one attached hydrogen (secondary N) is 1. The first kappa shape index (κ1) is 26.6. The van der Waals surface area contributed by atoms with E-state index in [1.165, 1.54) is 0 Å². The lowest BCUT2D eigenvalue weighted by Crippen LogP contribution is -2.29. The fourth-order valence-corrected chi connectivity index (χ4v) is 4.43. The number of H-pyrrole nitrogens is 1. The summed E-state index contributed by atoms with van der Waals surface area (Å²) in [4.78, 5) is 28.1. The summed E-state index contributed by atoms with van der Waals surface area (Å²) in [7, 11) is 4.00. The summed E-state index contributed by atoms with van der Waals surface area (Å²) < 4.78 is 12.1. The van der Waals surface area contributed by atoms with Crippen LogP contribution in [-0.4, -0.2) is 60.5 Å². The number of ketones is 2. The van der Waals surface area contributed by atoms with Crippen molar-refractivity contribution in [2.75, 3.05) is 33.9 Å². The van der Waals surface area contributed by atoms with Gasteiger partial charge in [-0.1, -0.05) is 26.0 Å². The molecule has 0 saturated carbocycles. The van der Waals surface area contributed by atoms with Crippen molar-refractivity contribution in [3.05, 3.63) is 65.5 Å². The Hall–Kier alpha value is -3.45. The predicted octanol–water partition coefficient (Wildman–Crippen LogP) is 5.00. The van der Waals surface area contributed by atoms with Crippen molar-refractivity contribution in [2.24, 2.45) is 11.8 Å². The molecule has 196 valence electrons. The van der Waals surface area contributed by atoms with E-state index in [0.29, 0.717) is 43.3 Å². The topological polar surface area (TPSA) is 84.5 Å². The van der Waals surface area contributed by atoms with Crippen LogP contribution in [0.25, 0.3) is 11.1 Å². The van der Waals surface area contributed by atoms with Gasteiger partial charge in [-0.15, -0.1) is 0 Å². The number of benzene rings is 2. The number of likely N-dealkylation sites (N-methyl/N-ethyl adjacent to an activating group) is 1. The second kappa shape index (κ2) is 12.2. The largest absolute Gasteiger partial charge is 0.493 e. The van der Waals surface area contributed by atoms with Crippen LogP contribution in [-0.2, 0) is 17.6 Å². The van der Waals surface area contributed by atoms with Gasteiger partial charge in [0.15, 0.2) is 5.78 Å². The lowest BCUT2D eigenvalue weighted by atomic mass is 9.88. The molecule has 37 heavy (non-hydrogen) atoms. The fourth-order valence-electron chi connectivity index (χ4n) is 4.43. The third kappa shape index (κ3) is 7.07. The summed E-state index contributed by atoms with van der Waals surface area (Å²) in [5.74, 6) is 1.94. The fraction of sp³-hybridized carbons (Fsp3) is 0.433. The van der Waals surface area contributed by atoms with Crippen molar-refractivity contribution in [1.82, 2.24) is 15.1 Å².